The Bertz CT molecular complexity index is 600. The van der Waals surface area contributed by atoms with E-state index in [9.17, 15) is 0 Å². The second-order valence-electron chi connectivity index (χ2n) is 6.09. The van der Waals surface area contributed by atoms with Gasteiger partial charge in [-0.3, -0.25) is 0 Å². The quantitative estimate of drug-likeness (QED) is 0.821. The van der Waals surface area contributed by atoms with Crippen LogP contribution in [-0.4, -0.2) is 19.8 Å². The highest BCUT2D eigenvalue weighted by atomic mass is 35.5. The summed E-state index contributed by atoms with van der Waals surface area (Å²) in [6.07, 6.45) is 0.987. The third kappa shape index (κ3) is 5.77. The summed E-state index contributed by atoms with van der Waals surface area (Å²) in [6.45, 7) is 5.24. The molecule has 23 heavy (non-hydrogen) atoms. The molecule has 0 spiro atoms. The SMILES string of the molecule is COc1ccc(CNC(C)(C)Cc2ccccc2)cc1OC.Cl. The number of hydrogen-bond acceptors (Lipinski definition) is 3. The van der Waals surface area contributed by atoms with E-state index in [2.05, 4.69) is 49.5 Å². The van der Waals surface area contributed by atoms with Gasteiger partial charge in [0.2, 0.25) is 0 Å². The minimum atomic E-state index is 0. The fourth-order valence-corrected chi connectivity index (χ4v) is 2.50. The Morgan fingerprint density at radius 3 is 2.13 bits per heavy atom. The molecule has 1 N–H and O–H groups in total. The lowest BCUT2D eigenvalue weighted by Crippen LogP contribution is -2.40. The molecule has 0 saturated heterocycles. The average molecular weight is 336 g/mol. The third-order valence-electron chi connectivity index (χ3n) is 3.71. The normalized spacial score (nSPS) is 10.8. The number of benzene rings is 2. The minimum absolute atomic E-state index is 0. The van der Waals surface area contributed by atoms with Crippen molar-refractivity contribution in [2.75, 3.05) is 14.2 Å². The first-order chi connectivity index (χ1) is 10.5. The lowest BCUT2D eigenvalue weighted by molar-refractivity contribution is 0.353. The van der Waals surface area contributed by atoms with E-state index in [0.717, 1.165) is 24.5 Å². The topological polar surface area (TPSA) is 30.5 Å². The molecule has 0 radical (unpaired) electrons. The number of halogens is 1. The molecule has 126 valence electrons. The number of rotatable bonds is 7. The molecular weight excluding hydrogens is 310 g/mol. The van der Waals surface area contributed by atoms with E-state index in [1.54, 1.807) is 14.2 Å². The van der Waals surface area contributed by atoms with Crippen molar-refractivity contribution in [1.82, 2.24) is 5.32 Å². The first-order valence-electron chi connectivity index (χ1n) is 7.54. The average Bonchev–Trinajstić information content (AvgIpc) is 2.53. The second kappa shape index (κ2) is 8.80. The molecule has 0 fully saturated rings. The van der Waals surface area contributed by atoms with E-state index in [0.29, 0.717) is 0 Å². The Balaban J connectivity index is 0.00000264. The maximum absolute atomic E-state index is 5.35. The summed E-state index contributed by atoms with van der Waals surface area (Å²) in [7, 11) is 3.31. The Kier molecular flexibility index (Phi) is 7.40. The van der Waals surface area contributed by atoms with Crippen LogP contribution in [0.3, 0.4) is 0 Å². The fourth-order valence-electron chi connectivity index (χ4n) is 2.50. The zero-order valence-electron chi connectivity index (χ0n) is 14.3. The van der Waals surface area contributed by atoms with Crippen molar-refractivity contribution in [3.8, 4) is 11.5 Å². The van der Waals surface area contributed by atoms with Gasteiger partial charge in [0.1, 0.15) is 0 Å². The Morgan fingerprint density at radius 1 is 0.870 bits per heavy atom. The predicted octanol–water partition coefficient (Wildman–Crippen LogP) is 4.24. The molecular formula is C19H26ClNO2. The van der Waals surface area contributed by atoms with Crippen LogP contribution in [0, 0.1) is 0 Å². The lowest BCUT2D eigenvalue weighted by atomic mass is 9.94. The number of nitrogens with one attached hydrogen (secondary N) is 1. The zero-order valence-corrected chi connectivity index (χ0v) is 15.1. The summed E-state index contributed by atoms with van der Waals surface area (Å²) in [5, 5.41) is 3.62. The van der Waals surface area contributed by atoms with Crippen LogP contribution in [0.1, 0.15) is 25.0 Å². The molecule has 3 nitrogen and oxygen atoms in total. The van der Waals surface area contributed by atoms with E-state index < -0.39 is 0 Å². The molecule has 0 heterocycles. The van der Waals surface area contributed by atoms with Crippen LogP contribution in [0.5, 0.6) is 11.5 Å². The van der Waals surface area contributed by atoms with E-state index in [1.165, 1.54) is 11.1 Å². The maximum atomic E-state index is 5.35. The standard InChI is InChI=1S/C19H25NO2.ClH/c1-19(2,13-15-8-6-5-7-9-15)20-14-16-10-11-17(21-3)18(12-16)22-4;/h5-12,20H,13-14H2,1-4H3;1H. The zero-order chi connectivity index (χ0) is 16.0. The molecule has 2 aromatic rings. The summed E-state index contributed by atoms with van der Waals surface area (Å²) in [4.78, 5) is 0. The van der Waals surface area contributed by atoms with Crippen molar-refractivity contribution >= 4 is 12.4 Å². The Hall–Kier alpha value is -1.71. The molecule has 0 aliphatic rings. The van der Waals surface area contributed by atoms with E-state index in [4.69, 9.17) is 9.47 Å². The molecule has 0 amide bonds. The Labute approximate surface area is 145 Å². The van der Waals surface area contributed by atoms with Crippen LogP contribution < -0.4 is 14.8 Å². The summed E-state index contributed by atoms with van der Waals surface area (Å²) < 4.78 is 10.6. The maximum Gasteiger partial charge on any atom is 0.161 e. The molecule has 2 rings (SSSR count). The number of methoxy groups -OCH3 is 2. The molecule has 4 heteroatoms. The van der Waals surface area contributed by atoms with Gasteiger partial charge >= 0.3 is 0 Å². The molecule has 0 unspecified atom stereocenters. The van der Waals surface area contributed by atoms with Crippen LogP contribution in [0.4, 0.5) is 0 Å². The molecule has 0 aliphatic carbocycles. The van der Waals surface area contributed by atoms with Crippen molar-refractivity contribution < 1.29 is 9.47 Å². The summed E-state index contributed by atoms with van der Waals surface area (Å²) in [5.41, 5.74) is 2.54. The van der Waals surface area contributed by atoms with Gasteiger partial charge in [0.05, 0.1) is 14.2 Å². The molecule has 0 aromatic heterocycles. The van der Waals surface area contributed by atoms with Crippen LogP contribution in [-0.2, 0) is 13.0 Å². The third-order valence-corrected chi connectivity index (χ3v) is 3.71. The second-order valence-corrected chi connectivity index (χ2v) is 6.09. The van der Waals surface area contributed by atoms with Crippen molar-refractivity contribution in [3.63, 3.8) is 0 Å². The van der Waals surface area contributed by atoms with Crippen LogP contribution in [0.25, 0.3) is 0 Å². The highest BCUT2D eigenvalue weighted by Crippen LogP contribution is 2.27. The van der Waals surface area contributed by atoms with Gasteiger partial charge in [0, 0.05) is 12.1 Å². The predicted molar refractivity (Wildman–Crippen MR) is 97.9 cm³/mol. The minimum Gasteiger partial charge on any atom is -0.493 e. The highest BCUT2D eigenvalue weighted by molar-refractivity contribution is 5.85. The van der Waals surface area contributed by atoms with Crippen LogP contribution in [0.2, 0.25) is 0 Å². The van der Waals surface area contributed by atoms with Crippen LogP contribution in [0.15, 0.2) is 48.5 Å². The number of ether oxygens (including phenoxy) is 2. The summed E-state index contributed by atoms with van der Waals surface area (Å²) in [6, 6.07) is 16.6. The van der Waals surface area contributed by atoms with Crippen molar-refractivity contribution in [2.45, 2.75) is 32.4 Å². The van der Waals surface area contributed by atoms with Crippen molar-refractivity contribution in [2.24, 2.45) is 0 Å². The van der Waals surface area contributed by atoms with Gasteiger partial charge in [0.15, 0.2) is 11.5 Å². The van der Waals surface area contributed by atoms with Gasteiger partial charge in [-0.05, 0) is 43.5 Å². The first-order valence-corrected chi connectivity index (χ1v) is 7.54. The van der Waals surface area contributed by atoms with Gasteiger partial charge in [-0.25, -0.2) is 0 Å². The van der Waals surface area contributed by atoms with Gasteiger partial charge in [-0.2, -0.15) is 0 Å². The van der Waals surface area contributed by atoms with Crippen molar-refractivity contribution in [3.05, 3.63) is 59.7 Å². The monoisotopic (exact) mass is 335 g/mol. The van der Waals surface area contributed by atoms with E-state index >= 15 is 0 Å². The van der Waals surface area contributed by atoms with Gasteiger partial charge in [-0.1, -0.05) is 36.4 Å². The summed E-state index contributed by atoms with van der Waals surface area (Å²) in [5.74, 6) is 1.53. The van der Waals surface area contributed by atoms with Crippen molar-refractivity contribution in [1.29, 1.82) is 0 Å². The molecule has 0 aliphatic heterocycles. The molecule has 2 aromatic carbocycles. The smallest absolute Gasteiger partial charge is 0.161 e. The first kappa shape index (κ1) is 19.3. The molecule has 0 atom stereocenters. The van der Waals surface area contributed by atoms with E-state index in [-0.39, 0.29) is 17.9 Å². The fraction of sp³-hybridized carbons (Fsp3) is 0.368. The lowest BCUT2D eigenvalue weighted by Gasteiger charge is -2.27. The van der Waals surface area contributed by atoms with Crippen LogP contribution >= 0.6 is 12.4 Å². The molecule has 0 bridgehead atoms. The molecule has 0 saturated carbocycles. The highest BCUT2D eigenvalue weighted by Gasteiger charge is 2.17. The van der Waals surface area contributed by atoms with Gasteiger partial charge in [0.25, 0.3) is 0 Å². The van der Waals surface area contributed by atoms with Gasteiger partial charge < -0.3 is 14.8 Å². The largest absolute Gasteiger partial charge is 0.493 e. The van der Waals surface area contributed by atoms with E-state index in [1.807, 2.05) is 18.2 Å². The van der Waals surface area contributed by atoms with Gasteiger partial charge in [-0.15, -0.1) is 12.4 Å². The summed E-state index contributed by atoms with van der Waals surface area (Å²) >= 11 is 0. The Morgan fingerprint density at radius 2 is 1.52 bits per heavy atom. The number of hydrogen-bond donors (Lipinski definition) is 1.